The number of nitrogens with zero attached hydrogens (tertiary/aromatic N) is 2. The molecule has 5 heteroatoms. The van der Waals surface area contributed by atoms with Gasteiger partial charge in [-0.05, 0) is 43.5 Å². The van der Waals surface area contributed by atoms with Crippen molar-refractivity contribution in [2.24, 2.45) is 0 Å². The molecule has 0 aliphatic carbocycles. The number of benzene rings is 1. The van der Waals surface area contributed by atoms with Crippen molar-refractivity contribution in [1.82, 2.24) is 9.88 Å². The largest absolute Gasteiger partial charge is 0.339 e. The smallest absolute Gasteiger partial charge is 0.266 e. The quantitative estimate of drug-likeness (QED) is 0.926. The van der Waals surface area contributed by atoms with Gasteiger partial charge < -0.3 is 9.88 Å². The van der Waals surface area contributed by atoms with Crippen LogP contribution in [0.2, 0.25) is 0 Å². The van der Waals surface area contributed by atoms with Crippen LogP contribution in [0.3, 0.4) is 0 Å². The Morgan fingerprint density at radius 1 is 1.22 bits per heavy atom. The van der Waals surface area contributed by atoms with Crippen LogP contribution < -0.4 is 5.56 Å². The predicted molar refractivity (Wildman–Crippen MR) is 87.1 cm³/mol. The van der Waals surface area contributed by atoms with E-state index in [1.165, 1.54) is 0 Å². The molecular weight excluding hydrogens is 290 g/mol. The first-order valence-electron chi connectivity index (χ1n) is 7.64. The first-order valence-corrected chi connectivity index (χ1v) is 7.64. The van der Waals surface area contributed by atoms with Gasteiger partial charge in [0.1, 0.15) is 11.6 Å². The fourth-order valence-corrected chi connectivity index (χ4v) is 2.92. The van der Waals surface area contributed by atoms with Gasteiger partial charge in [-0.2, -0.15) is 5.26 Å². The van der Waals surface area contributed by atoms with Crippen molar-refractivity contribution in [2.45, 2.75) is 19.8 Å². The summed E-state index contributed by atoms with van der Waals surface area (Å²) >= 11 is 0. The van der Waals surface area contributed by atoms with Crippen LogP contribution in [0, 0.1) is 18.3 Å². The summed E-state index contributed by atoms with van der Waals surface area (Å²) in [6.07, 6.45) is 2.11. The van der Waals surface area contributed by atoms with Crippen molar-refractivity contribution in [3.05, 3.63) is 57.5 Å². The molecule has 1 fully saturated rings. The van der Waals surface area contributed by atoms with E-state index in [1.54, 1.807) is 37.3 Å². The van der Waals surface area contributed by atoms with Crippen LogP contribution in [0.1, 0.15) is 34.5 Å². The van der Waals surface area contributed by atoms with Crippen LogP contribution >= 0.6 is 0 Å². The molecule has 116 valence electrons. The zero-order valence-corrected chi connectivity index (χ0v) is 12.9. The number of hydrogen-bond donors (Lipinski definition) is 1. The molecule has 1 saturated heterocycles. The molecule has 1 aromatic carbocycles. The molecule has 0 bridgehead atoms. The third-order valence-corrected chi connectivity index (χ3v) is 4.12. The Labute approximate surface area is 134 Å². The monoisotopic (exact) mass is 307 g/mol. The maximum atomic E-state index is 12.3. The molecule has 0 spiro atoms. The SMILES string of the molecule is Cc1cc(-c2ccc(C(=O)N3CCCC3)cc2)c(C#N)c(=O)[nH]1. The highest BCUT2D eigenvalue weighted by molar-refractivity contribution is 5.95. The minimum atomic E-state index is -0.389. The summed E-state index contributed by atoms with van der Waals surface area (Å²) in [6, 6.07) is 10.8. The number of likely N-dealkylation sites (tertiary alicyclic amines) is 1. The van der Waals surface area contributed by atoms with Crippen molar-refractivity contribution in [3.8, 4) is 17.2 Å². The first-order chi connectivity index (χ1) is 11.1. The van der Waals surface area contributed by atoms with Gasteiger partial charge in [0.2, 0.25) is 0 Å². The van der Waals surface area contributed by atoms with Gasteiger partial charge in [-0.25, -0.2) is 0 Å². The van der Waals surface area contributed by atoms with Gasteiger partial charge in [0.15, 0.2) is 0 Å². The normalized spacial score (nSPS) is 13.8. The molecule has 0 radical (unpaired) electrons. The lowest BCUT2D eigenvalue weighted by molar-refractivity contribution is 0.0793. The number of carbonyl (C=O) groups excluding carboxylic acids is 1. The van der Waals surface area contributed by atoms with Crippen molar-refractivity contribution >= 4 is 5.91 Å². The van der Waals surface area contributed by atoms with Gasteiger partial charge in [0, 0.05) is 29.9 Å². The Morgan fingerprint density at radius 2 is 1.87 bits per heavy atom. The molecule has 1 aliphatic heterocycles. The number of aryl methyl sites for hydroxylation is 1. The van der Waals surface area contributed by atoms with Gasteiger partial charge in [0.05, 0.1) is 0 Å². The molecule has 1 aliphatic rings. The number of nitriles is 1. The second kappa shape index (κ2) is 6.09. The predicted octanol–water partition coefficient (Wildman–Crippen LogP) is 2.46. The molecule has 2 heterocycles. The Bertz CT molecular complexity index is 838. The van der Waals surface area contributed by atoms with E-state index in [1.807, 2.05) is 11.0 Å². The lowest BCUT2D eigenvalue weighted by Gasteiger charge is -2.15. The Kier molecular flexibility index (Phi) is 3.98. The number of carbonyl (C=O) groups is 1. The number of rotatable bonds is 2. The molecule has 1 amide bonds. The Balaban J connectivity index is 1.96. The van der Waals surface area contributed by atoms with Crippen LogP contribution in [-0.4, -0.2) is 28.9 Å². The molecule has 5 nitrogen and oxygen atoms in total. The van der Waals surface area contributed by atoms with Gasteiger partial charge in [-0.1, -0.05) is 12.1 Å². The Morgan fingerprint density at radius 3 is 2.48 bits per heavy atom. The minimum absolute atomic E-state index is 0.0386. The summed E-state index contributed by atoms with van der Waals surface area (Å²) in [5.74, 6) is 0.0386. The molecule has 23 heavy (non-hydrogen) atoms. The van der Waals surface area contributed by atoms with Crippen LogP contribution in [0.25, 0.3) is 11.1 Å². The maximum absolute atomic E-state index is 12.3. The zero-order chi connectivity index (χ0) is 16.4. The highest BCUT2D eigenvalue weighted by Gasteiger charge is 2.19. The van der Waals surface area contributed by atoms with E-state index in [0.29, 0.717) is 16.8 Å². The summed E-state index contributed by atoms with van der Waals surface area (Å²) in [4.78, 5) is 28.7. The van der Waals surface area contributed by atoms with Crippen molar-refractivity contribution in [2.75, 3.05) is 13.1 Å². The fourth-order valence-electron chi connectivity index (χ4n) is 2.92. The second-order valence-electron chi connectivity index (χ2n) is 5.76. The third kappa shape index (κ3) is 2.88. The lowest BCUT2D eigenvalue weighted by Crippen LogP contribution is -2.27. The summed E-state index contributed by atoms with van der Waals surface area (Å²) in [5, 5.41) is 9.21. The van der Waals surface area contributed by atoms with E-state index in [2.05, 4.69) is 4.98 Å². The summed E-state index contributed by atoms with van der Waals surface area (Å²) < 4.78 is 0. The number of nitrogens with one attached hydrogen (secondary N) is 1. The first kappa shape index (κ1) is 15.0. The standard InChI is InChI=1S/C18H17N3O2/c1-12-10-15(16(11-19)17(22)20-12)13-4-6-14(7-5-13)18(23)21-8-2-3-9-21/h4-7,10H,2-3,8-9H2,1H3,(H,20,22). The average Bonchev–Trinajstić information content (AvgIpc) is 3.08. The number of aromatic amines is 1. The number of hydrogen-bond acceptors (Lipinski definition) is 3. The molecular formula is C18H17N3O2. The van der Waals surface area contributed by atoms with Crippen molar-refractivity contribution in [1.29, 1.82) is 5.26 Å². The second-order valence-corrected chi connectivity index (χ2v) is 5.76. The van der Waals surface area contributed by atoms with Crippen molar-refractivity contribution < 1.29 is 4.79 Å². The Hall–Kier alpha value is -2.87. The molecule has 1 aromatic heterocycles. The average molecular weight is 307 g/mol. The maximum Gasteiger partial charge on any atom is 0.266 e. The van der Waals surface area contributed by atoms with Crippen LogP contribution in [0.4, 0.5) is 0 Å². The molecule has 0 saturated carbocycles. The van der Waals surface area contributed by atoms with E-state index in [-0.39, 0.29) is 17.0 Å². The number of H-pyrrole nitrogens is 1. The minimum Gasteiger partial charge on any atom is -0.339 e. The molecule has 1 N–H and O–H groups in total. The number of amides is 1. The summed E-state index contributed by atoms with van der Waals surface area (Å²) in [7, 11) is 0. The highest BCUT2D eigenvalue weighted by atomic mass is 16.2. The van der Waals surface area contributed by atoms with Crippen LogP contribution in [0.5, 0.6) is 0 Å². The highest BCUT2D eigenvalue weighted by Crippen LogP contribution is 2.23. The van der Waals surface area contributed by atoms with Crippen LogP contribution in [0.15, 0.2) is 35.1 Å². The molecule has 3 rings (SSSR count). The third-order valence-electron chi connectivity index (χ3n) is 4.12. The van der Waals surface area contributed by atoms with E-state index < -0.39 is 0 Å². The van der Waals surface area contributed by atoms with E-state index in [9.17, 15) is 14.9 Å². The van der Waals surface area contributed by atoms with Gasteiger partial charge in [-0.15, -0.1) is 0 Å². The van der Waals surface area contributed by atoms with Crippen LogP contribution in [-0.2, 0) is 0 Å². The number of pyridine rings is 1. The topological polar surface area (TPSA) is 77.0 Å². The molecule has 0 unspecified atom stereocenters. The molecule has 0 atom stereocenters. The van der Waals surface area contributed by atoms with E-state index >= 15 is 0 Å². The number of aromatic nitrogens is 1. The van der Waals surface area contributed by atoms with Crippen molar-refractivity contribution in [3.63, 3.8) is 0 Å². The van der Waals surface area contributed by atoms with Gasteiger partial charge in [-0.3, -0.25) is 9.59 Å². The summed E-state index contributed by atoms with van der Waals surface area (Å²) in [6.45, 7) is 3.40. The fraction of sp³-hybridized carbons (Fsp3) is 0.278. The zero-order valence-electron chi connectivity index (χ0n) is 12.9. The molecule has 2 aromatic rings. The van der Waals surface area contributed by atoms with Gasteiger partial charge in [0.25, 0.3) is 11.5 Å². The van der Waals surface area contributed by atoms with E-state index in [4.69, 9.17) is 0 Å². The van der Waals surface area contributed by atoms with E-state index in [0.717, 1.165) is 31.5 Å². The lowest BCUT2D eigenvalue weighted by atomic mass is 9.99. The summed E-state index contributed by atoms with van der Waals surface area (Å²) in [5.41, 5.74) is 2.38. The van der Waals surface area contributed by atoms with Gasteiger partial charge >= 0.3 is 0 Å².